The van der Waals surface area contributed by atoms with Gasteiger partial charge >= 0.3 is 12.6 Å². The van der Waals surface area contributed by atoms with Crippen LogP contribution in [0.2, 0.25) is 0 Å². The number of halogens is 3. The molecular weight excluding hydrogens is 497 g/mol. The number of methoxy groups -OCH3 is 1. The summed E-state index contributed by atoms with van der Waals surface area (Å²) in [7, 11) is 1.36. The van der Waals surface area contributed by atoms with Gasteiger partial charge in [-0.25, -0.2) is 0 Å². The quantitative estimate of drug-likeness (QED) is 0.235. The van der Waals surface area contributed by atoms with Crippen molar-refractivity contribution >= 4 is 41.6 Å². The number of nitrogens with zero attached hydrogens (tertiary/aromatic N) is 2. The number of benzene rings is 1. The number of alkyl halides is 2. The second-order valence-corrected chi connectivity index (χ2v) is 6.57. The van der Waals surface area contributed by atoms with Crippen LogP contribution >= 0.6 is 24.0 Å². The molecule has 1 fully saturated rings. The highest BCUT2D eigenvalue weighted by Crippen LogP contribution is 2.31. The Morgan fingerprint density at radius 3 is 2.76 bits per heavy atom. The van der Waals surface area contributed by atoms with Crippen molar-refractivity contribution in [3.63, 3.8) is 0 Å². The van der Waals surface area contributed by atoms with Crippen LogP contribution in [0.1, 0.15) is 20.3 Å². The number of esters is 1. The summed E-state index contributed by atoms with van der Waals surface area (Å²) in [6, 6.07) is 6.88. The zero-order chi connectivity index (χ0) is 20.5. The molecule has 2 rings (SSSR count). The minimum atomic E-state index is -2.86. The molecule has 1 aromatic rings. The van der Waals surface area contributed by atoms with E-state index in [1.165, 1.54) is 7.11 Å². The second-order valence-electron chi connectivity index (χ2n) is 6.57. The molecule has 2 N–H and O–H groups in total. The van der Waals surface area contributed by atoms with Crippen molar-refractivity contribution in [3.8, 4) is 5.75 Å². The molecule has 0 aliphatic carbocycles. The number of hydrogen-bond acceptors (Lipinski definition) is 5. The molecule has 1 saturated heterocycles. The maximum atomic E-state index is 12.6. The number of rotatable bonds is 8. The van der Waals surface area contributed by atoms with Crippen molar-refractivity contribution in [1.29, 1.82) is 0 Å². The van der Waals surface area contributed by atoms with Crippen molar-refractivity contribution in [2.75, 3.05) is 38.2 Å². The predicted molar refractivity (Wildman–Crippen MR) is 119 cm³/mol. The molecule has 10 heteroatoms. The molecule has 0 bridgehead atoms. The third kappa shape index (κ3) is 7.82. The molecule has 1 heterocycles. The van der Waals surface area contributed by atoms with E-state index in [9.17, 15) is 13.6 Å². The van der Waals surface area contributed by atoms with E-state index in [1.807, 2.05) is 11.8 Å². The highest BCUT2D eigenvalue weighted by atomic mass is 127. The SMILES string of the molecule is CCNC(=NCC(C)C(=O)OC)NC1CCN(c2ccccc2OC(F)F)C1.I. The van der Waals surface area contributed by atoms with E-state index in [0.717, 1.165) is 6.42 Å². The number of hydrogen-bond donors (Lipinski definition) is 2. The Bertz CT molecular complexity index is 679. The normalized spacial score (nSPS) is 17.5. The molecule has 29 heavy (non-hydrogen) atoms. The van der Waals surface area contributed by atoms with Gasteiger partial charge in [-0.1, -0.05) is 19.1 Å². The monoisotopic (exact) mass is 526 g/mol. The number of ether oxygens (including phenoxy) is 2. The van der Waals surface area contributed by atoms with E-state index in [4.69, 9.17) is 4.74 Å². The Morgan fingerprint density at radius 1 is 1.38 bits per heavy atom. The van der Waals surface area contributed by atoms with E-state index in [-0.39, 0.29) is 47.7 Å². The Kier molecular flexibility index (Phi) is 11.0. The largest absolute Gasteiger partial charge is 0.469 e. The summed E-state index contributed by atoms with van der Waals surface area (Å²) in [6.07, 6.45) is 0.819. The summed E-state index contributed by atoms with van der Waals surface area (Å²) in [5.41, 5.74) is 0.647. The van der Waals surface area contributed by atoms with Crippen molar-refractivity contribution in [3.05, 3.63) is 24.3 Å². The van der Waals surface area contributed by atoms with Crippen LogP contribution in [0.4, 0.5) is 14.5 Å². The fraction of sp³-hybridized carbons (Fsp3) is 0.579. The average Bonchev–Trinajstić information content (AvgIpc) is 3.13. The minimum absolute atomic E-state index is 0. The van der Waals surface area contributed by atoms with E-state index >= 15 is 0 Å². The van der Waals surface area contributed by atoms with Crippen LogP contribution in [0.25, 0.3) is 0 Å². The van der Waals surface area contributed by atoms with Crippen LogP contribution in [0.3, 0.4) is 0 Å². The summed E-state index contributed by atoms with van der Waals surface area (Å²) in [5.74, 6) is 0.147. The maximum Gasteiger partial charge on any atom is 0.387 e. The lowest BCUT2D eigenvalue weighted by Crippen LogP contribution is -2.45. The van der Waals surface area contributed by atoms with Crippen molar-refractivity contribution < 1.29 is 23.0 Å². The van der Waals surface area contributed by atoms with E-state index < -0.39 is 6.61 Å². The molecule has 1 aromatic carbocycles. The van der Waals surface area contributed by atoms with Crippen molar-refractivity contribution in [1.82, 2.24) is 10.6 Å². The van der Waals surface area contributed by atoms with E-state index in [1.54, 1.807) is 31.2 Å². The molecule has 0 saturated carbocycles. The number of nitrogens with one attached hydrogen (secondary N) is 2. The highest BCUT2D eigenvalue weighted by molar-refractivity contribution is 14.0. The molecule has 1 aliphatic heterocycles. The zero-order valence-corrected chi connectivity index (χ0v) is 19.2. The number of anilines is 1. The third-order valence-corrected chi connectivity index (χ3v) is 4.42. The van der Waals surface area contributed by atoms with Crippen molar-refractivity contribution in [2.24, 2.45) is 10.9 Å². The fourth-order valence-electron chi connectivity index (χ4n) is 3.03. The predicted octanol–water partition coefficient (Wildman–Crippen LogP) is 2.85. The van der Waals surface area contributed by atoms with E-state index in [2.05, 4.69) is 20.4 Å². The van der Waals surface area contributed by atoms with Crippen LogP contribution in [-0.4, -0.2) is 57.9 Å². The summed E-state index contributed by atoms with van der Waals surface area (Å²) in [6.45, 7) is 3.18. The van der Waals surface area contributed by atoms with Gasteiger partial charge < -0.3 is 25.0 Å². The first-order valence-corrected chi connectivity index (χ1v) is 9.36. The molecule has 2 atom stereocenters. The fourth-order valence-corrected chi connectivity index (χ4v) is 3.03. The molecule has 0 amide bonds. The maximum absolute atomic E-state index is 12.6. The Hall–Kier alpha value is -1.85. The Morgan fingerprint density at radius 2 is 2.10 bits per heavy atom. The molecule has 0 spiro atoms. The zero-order valence-electron chi connectivity index (χ0n) is 16.9. The molecule has 0 radical (unpaired) electrons. The summed E-state index contributed by atoms with van der Waals surface area (Å²) in [4.78, 5) is 18.0. The smallest absolute Gasteiger partial charge is 0.387 e. The number of aliphatic imine (C=N–C) groups is 1. The first-order valence-electron chi connectivity index (χ1n) is 9.36. The number of guanidine groups is 1. The summed E-state index contributed by atoms with van der Waals surface area (Å²) < 4.78 is 34.6. The van der Waals surface area contributed by atoms with Crippen LogP contribution in [0.5, 0.6) is 5.75 Å². The first-order chi connectivity index (χ1) is 13.4. The summed E-state index contributed by atoms with van der Waals surface area (Å²) in [5, 5.41) is 6.50. The number of carbonyl (C=O) groups is 1. The van der Waals surface area contributed by atoms with Crippen LogP contribution in [-0.2, 0) is 9.53 Å². The second kappa shape index (κ2) is 12.7. The van der Waals surface area contributed by atoms with Crippen molar-refractivity contribution in [2.45, 2.75) is 32.9 Å². The highest BCUT2D eigenvalue weighted by Gasteiger charge is 2.26. The van der Waals surface area contributed by atoms with Gasteiger partial charge in [-0.15, -0.1) is 24.0 Å². The Labute approximate surface area is 187 Å². The molecule has 2 unspecified atom stereocenters. The van der Waals surface area contributed by atoms with Crippen LogP contribution < -0.4 is 20.3 Å². The molecular formula is C19H29F2IN4O3. The molecule has 7 nitrogen and oxygen atoms in total. The molecule has 0 aromatic heterocycles. The summed E-state index contributed by atoms with van der Waals surface area (Å²) >= 11 is 0. The molecule has 164 valence electrons. The number of carbonyl (C=O) groups excluding carboxylic acids is 1. The lowest BCUT2D eigenvalue weighted by atomic mass is 10.2. The topological polar surface area (TPSA) is 75.2 Å². The van der Waals surface area contributed by atoms with Gasteiger partial charge in [-0.05, 0) is 25.5 Å². The lowest BCUT2D eigenvalue weighted by molar-refractivity contribution is -0.144. The van der Waals surface area contributed by atoms with Gasteiger partial charge in [0.05, 0.1) is 25.3 Å². The standard InChI is InChI=1S/C19H28F2N4O3.HI/c1-4-22-19(23-11-13(2)17(26)27-3)24-14-9-10-25(12-14)15-7-5-6-8-16(15)28-18(20)21;/h5-8,13-14,18H,4,9-12H2,1-3H3,(H2,22,23,24);1H. The van der Waals surface area contributed by atoms with Gasteiger partial charge in [-0.3, -0.25) is 9.79 Å². The lowest BCUT2D eigenvalue weighted by Gasteiger charge is -2.22. The van der Waals surface area contributed by atoms with Gasteiger partial charge in [-0.2, -0.15) is 8.78 Å². The number of para-hydroxylation sites is 2. The van der Waals surface area contributed by atoms with Gasteiger partial charge in [0.15, 0.2) is 5.96 Å². The third-order valence-electron chi connectivity index (χ3n) is 4.42. The van der Waals surface area contributed by atoms with Crippen LogP contribution in [0.15, 0.2) is 29.3 Å². The van der Waals surface area contributed by atoms with Gasteiger partial charge in [0.1, 0.15) is 5.75 Å². The van der Waals surface area contributed by atoms with Gasteiger partial charge in [0.2, 0.25) is 0 Å². The van der Waals surface area contributed by atoms with Gasteiger partial charge in [0.25, 0.3) is 0 Å². The molecule has 1 aliphatic rings. The van der Waals surface area contributed by atoms with E-state index in [0.29, 0.717) is 37.8 Å². The Balaban J connectivity index is 0.00000420. The first kappa shape index (κ1) is 25.2. The minimum Gasteiger partial charge on any atom is -0.469 e. The van der Waals surface area contributed by atoms with Crippen LogP contribution in [0, 0.1) is 5.92 Å². The van der Waals surface area contributed by atoms with Gasteiger partial charge in [0, 0.05) is 25.7 Å². The average molecular weight is 526 g/mol.